The zero-order valence-corrected chi connectivity index (χ0v) is 16.3. The van der Waals surface area contributed by atoms with Crippen molar-refractivity contribution in [1.82, 2.24) is 9.55 Å². The Morgan fingerprint density at radius 3 is 2.85 bits per heavy atom. The van der Waals surface area contributed by atoms with Gasteiger partial charge in [-0.1, -0.05) is 27.5 Å². The van der Waals surface area contributed by atoms with Crippen LogP contribution in [-0.2, 0) is 4.74 Å². The molecule has 27 heavy (non-hydrogen) atoms. The number of hydrogen-bond acceptors (Lipinski definition) is 3. The van der Waals surface area contributed by atoms with E-state index in [1.807, 2.05) is 22.8 Å². The van der Waals surface area contributed by atoms with Gasteiger partial charge in [0.25, 0.3) is 0 Å². The summed E-state index contributed by atoms with van der Waals surface area (Å²) >= 11 is 9.62. The van der Waals surface area contributed by atoms with E-state index < -0.39 is 6.61 Å². The van der Waals surface area contributed by atoms with E-state index in [0.29, 0.717) is 22.8 Å². The number of halogens is 4. The van der Waals surface area contributed by atoms with E-state index in [4.69, 9.17) is 21.1 Å². The molecular formula is C19H14BrClF2N2O2. The molecule has 0 unspecified atom stereocenters. The SMILES string of the molecule is [CH2][CH]O[C@@H]1C[C@H](c2cc(Cl)ccc2OC(F)F)n2c1nc1ccc(Br)cc12. The average molecular weight is 456 g/mol. The van der Waals surface area contributed by atoms with Crippen LogP contribution in [-0.4, -0.2) is 16.2 Å². The van der Waals surface area contributed by atoms with Crippen LogP contribution in [0.2, 0.25) is 5.02 Å². The molecule has 0 N–H and O–H groups in total. The maximum Gasteiger partial charge on any atom is 0.387 e. The third kappa shape index (κ3) is 3.44. The Balaban J connectivity index is 1.90. The molecule has 0 saturated carbocycles. The summed E-state index contributed by atoms with van der Waals surface area (Å²) < 4.78 is 39.1. The number of aromatic nitrogens is 2. The fraction of sp³-hybridized carbons (Fsp3) is 0.211. The second-order valence-corrected chi connectivity index (χ2v) is 7.43. The number of hydrogen-bond donors (Lipinski definition) is 0. The largest absolute Gasteiger partial charge is 0.434 e. The third-order valence-corrected chi connectivity index (χ3v) is 5.25. The summed E-state index contributed by atoms with van der Waals surface area (Å²) in [5.41, 5.74) is 2.20. The molecule has 0 aliphatic carbocycles. The van der Waals surface area contributed by atoms with Gasteiger partial charge in [-0.3, -0.25) is 0 Å². The Hall–Kier alpha value is -1.70. The molecule has 0 saturated heterocycles. The van der Waals surface area contributed by atoms with Gasteiger partial charge < -0.3 is 14.0 Å². The molecular weight excluding hydrogens is 442 g/mol. The Kier molecular flexibility index (Phi) is 5.09. The summed E-state index contributed by atoms with van der Waals surface area (Å²) in [5, 5.41) is 0.437. The van der Waals surface area contributed by atoms with Gasteiger partial charge in [-0.05, 0) is 43.3 Å². The molecule has 0 bridgehead atoms. The minimum Gasteiger partial charge on any atom is -0.434 e. The molecule has 3 aromatic rings. The van der Waals surface area contributed by atoms with E-state index in [-0.39, 0.29) is 17.9 Å². The number of nitrogens with zero attached hydrogens (tertiary/aromatic N) is 2. The van der Waals surface area contributed by atoms with Gasteiger partial charge in [0, 0.05) is 21.5 Å². The number of benzene rings is 2. The van der Waals surface area contributed by atoms with Crippen LogP contribution in [0, 0.1) is 13.5 Å². The number of alkyl halides is 2. The average Bonchev–Trinajstić information content (AvgIpc) is 3.14. The highest BCUT2D eigenvalue weighted by atomic mass is 79.9. The highest BCUT2D eigenvalue weighted by molar-refractivity contribution is 9.10. The monoisotopic (exact) mass is 454 g/mol. The van der Waals surface area contributed by atoms with Gasteiger partial charge in [-0.15, -0.1) is 0 Å². The number of imidazole rings is 1. The highest BCUT2D eigenvalue weighted by Crippen LogP contribution is 2.46. The standard InChI is InChI=1S/C19H14BrClF2N2O2/c1-2-26-17-9-14(12-8-11(21)4-6-16(12)27-19(22)23)25-15-7-10(20)3-5-13(15)24-18(17)25/h2-8,14,17,19H,1,9H2/t14-,17-/m1/s1. The lowest BCUT2D eigenvalue weighted by Gasteiger charge is -2.19. The van der Waals surface area contributed by atoms with Crippen molar-refractivity contribution in [2.75, 3.05) is 0 Å². The molecule has 4 nitrogen and oxygen atoms in total. The topological polar surface area (TPSA) is 36.3 Å². The first-order chi connectivity index (χ1) is 13.0. The molecule has 0 fully saturated rings. The molecule has 2 aromatic carbocycles. The molecule has 140 valence electrons. The highest BCUT2D eigenvalue weighted by Gasteiger charge is 2.37. The predicted octanol–water partition coefficient (Wildman–Crippen LogP) is 6.10. The lowest BCUT2D eigenvalue weighted by molar-refractivity contribution is -0.0507. The van der Waals surface area contributed by atoms with Crippen molar-refractivity contribution in [2.45, 2.75) is 25.2 Å². The second kappa shape index (κ2) is 7.37. The van der Waals surface area contributed by atoms with Gasteiger partial charge in [0.05, 0.1) is 23.7 Å². The maximum atomic E-state index is 12.9. The normalized spacial score (nSPS) is 19.0. The molecule has 4 rings (SSSR count). The van der Waals surface area contributed by atoms with Crippen LogP contribution >= 0.6 is 27.5 Å². The summed E-state index contributed by atoms with van der Waals surface area (Å²) in [7, 11) is 0. The van der Waals surface area contributed by atoms with Crippen molar-refractivity contribution in [1.29, 1.82) is 0 Å². The smallest absolute Gasteiger partial charge is 0.387 e. The summed E-state index contributed by atoms with van der Waals surface area (Å²) in [6.07, 6.45) is 0.147. The quantitative estimate of drug-likeness (QED) is 0.466. The molecule has 1 aromatic heterocycles. The van der Waals surface area contributed by atoms with Crippen molar-refractivity contribution >= 4 is 38.6 Å². The van der Waals surface area contributed by atoms with Crippen LogP contribution in [0.25, 0.3) is 11.0 Å². The van der Waals surface area contributed by atoms with E-state index >= 15 is 0 Å². The van der Waals surface area contributed by atoms with Crippen LogP contribution in [0.1, 0.15) is 30.0 Å². The van der Waals surface area contributed by atoms with Gasteiger partial charge in [0.2, 0.25) is 0 Å². The fourth-order valence-electron chi connectivity index (χ4n) is 3.53. The Labute approximate surface area is 168 Å². The molecule has 2 atom stereocenters. The third-order valence-electron chi connectivity index (χ3n) is 4.52. The molecule has 0 spiro atoms. The number of ether oxygens (including phenoxy) is 2. The second-order valence-electron chi connectivity index (χ2n) is 6.08. The summed E-state index contributed by atoms with van der Waals surface area (Å²) in [6.45, 7) is 2.05. The summed E-state index contributed by atoms with van der Waals surface area (Å²) in [4.78, 5) is 4.67. The fourth-order valence-corrected chi connectivity index (χ4v) is 4.06. The molecule has 0 amide bonds. The van der Waals surface area contributed by atoms with Gasteiger partial charge in [0.15, 0.2) is 0 Å². The summed E-state index contributed by atoms with van der Waals surface area (Å²) in [5.74, 6) is 0.789. The maximum absolute atomic E-state index is 12.9. The van der Waals surface area contributed by atoms with E-state index in [1.54, 1.807) is 6.07 Å². The van der Waals surface area contributed by atoms with Crippen LogP contribution in [0.15, 0.2) is 40.9 Å². The molecule has 1 aliphatic heterocycles. The lowest BCUT2D eigenvalue weighted by Crippen LogP contribution is -2.10. The Bertz CT molecular complexity index is 995. The van der Waals surface area contributed by atoms with Crippen molar-refractivity contribution in [3.63, 3.8) is 0 Å². The Morgan fingerprint density at radius 1 is 1.30 bits per heavy atom. The lowest BCUT2D eigenvalue weighted by atomic mass is 10.0. The molecule has 8 heteroatoms. The zero-order valence-electron chi connectivity index (χ0n) is 13.9. The van der Waals surface area contributed by atoms with Crippen molar-refractivity contribution in [2.24, 2.45) is 0 Å². The van der Waals surface area contributed by atoms with Crippen molar-refractivity contribution in [3.05, 3.63) is 70.8 Å². The first-order valence-corrected chi connectivity index (χ1v) is 9.33. The number of fused-ring (bicyclic) bond motifs is 3. The van der Waals surface area contributed by atoms with Gasteiger partial charge in [-0.25, -0.2) is 4.98 Å². The molecule has 1 aliphatic rings. The van der Waals surface area contributed by atoms with Crippen LogP contribution in [0.5, 0.6) is 5.75 Å². The zero-order chi connectivity index (χ0) is 19.1. The molecule has 2 radical (unpaired) electrons. The van der Waals surface area contributed by atoms with Crippen molar-refractivity contribution in [3.8, 4) is 5.75 Å². The van der Waals surface area contributed by atoms with E-state index in [1.165, 1.54) is 18.7 Å². The van der Waals surface area contributed by atoms with Gasteiger partial charge in [-0.2, -0.15) is 8.78 Å². The van der Waals surface area contributed by atoms with Crippen LogP contribution < -0.4 is 4.74 Å². The minimum absolute atomic E-state index is 0.0847. The van der Waals surface area contributed by atoms with Crippen LogP contribution in [0.4, 0.5) is 8.78 Å². The number of rotatable bonds is 5. The minimum atomic E-state index is -2.93. The summed E-state index contributed by atoms with van der Waals surface area (Å²) in [6, 6.07) is 10.0. The van der Waals surface area contributed by atoms with Gasteiger partial charge in [0.1, 0.15) is 17.7 Å². The predicted molar refractivity (Wildman–Crippen MR) is 102 cm³/mol. The first kappa shape index (κ1) is 18.7. The van der Waals surface area contributed by atoms with Gasteiger partial charge >= 0.3 is 6.61 Å². The van der Waals surface area contributed by atoms with Crippen LogP contribution in [0.3, 0.4) is 0 Å². The van der Waals surface area contributed by atoms with E-state index in [0.717, 1.165) is 15.5 Å². The molecule has 2 heterocycles. The van der Waals surface area contributed by atoms with E-state index in [2.05, 4.69) is 27.8 Å². The first-order valence-electron chi connectivity index (χ1n) is 8.16. The Morgan fingerprint density at radius 2 is 2.11 bits per heavy atom. The van der Waals surface area contributed by atoms with Crippen molar-refractivity contribution < 1.29 is 18.3 Å². The van der Waals surface area contributed by atoms with E-state index in [9.17, 15) is 8.78 Å².